The van der Waals surface area contributed by atoms with Crippen LogP contribution in [0.3, 0.4) is 0 Å². The van der Waals surface area contributed by atoms with Crippen molar-refractivity contribution in [3.63, 3.8) is 0 Å². The average molecular weight is 335 g/mol. The van der Waals surface area contributed by atoms with Crippen molar-refractivity contribution in [1.29, 1.82) is 0 Å². The minimum absolute atomic E-state index is 0.224. The maximum Gasteiger partial charge on any atom is 0.191 e. The molecule has 5 nitrogen and oxygen atoms in total. The van der Waals surface area contributed by atoms with Crippen molar-refractivity contribution in [2.24, 2.45) is 4.99 Å². The lowest BCUT2D eigenvalue weighted by atomic mass is 10.1. The van der Waals surface area contributed by atoms with Gasteiger partial charge in [-0.05, 0) is 38.1 Å². The summed E-state index contributed by atoms with van der Waals surface area (Å²) in [6.07, 6.45) is 0. The molecule has 2 N–H and O–H groups in total. The van der Waals surface area contributed by atoms with Gasteiger partial charge in [-0.25, -0.2) is 4.99 Å². The first-order valence-electron chi connectivity index (χ1n) is 8.96. The summed E-state index contributed by atoms with van der Waals surface area (Å²) in [6, 6.07) is 8.93. The predicted octanol–water partition coefficient (Wildman–Crippen LogP) is 2.62. The molecule has 0 saturated heterocycles. The highest BCUT2D eigenvalue weighted by Gasteiger charge is 2.05. The number of benzene rings is 1. The first kappa shape index (κ1) is 20.5. The summed E-state index contributed by atoms with van der Waals surface area (Å²) in [5.74, 6) is 0.830. The lowest BCUT2D eigenvalue weighted by molar-refractivity contribution is 0.179. The van der Waals surface area contributed by atoms with Gasteiger partial charge < -0.3 is 15.4 Å². The zero-order valence-electron chi connectivity index (χ0n) is 15.9. The summed E-state index contributed by atoms with van der Waals surface area (Å²) in [7, 11) is 1.71. The third-order valence-corrected chi connectivity index (χ3v) is 3.86. The number of nitrogens with zero attached hydrogens (tertiary/aromatic N) is 2. The molecule has 1 atom stereocenters. The van der Waals surface area contributed by atoms with Gasteiger partial charge in [0.25, 0.3) is 0 Å². The second kappa shape index (κ2) is 11.9. The normalized spacial score (nSPS) is 13.2. The summed E-state index contributed by atoms with van der Waals surface area (Å²) < 4.78 is 5.17. The molecule has 1 aromatic carbocycles. The molecule has 136 valence electrons. The molecule has 0 aromatic heterocycles. The van der Waals surface area contributed by atoms with Gasteiger partial charge >= 0.3 is 0 Å². The molecule has 0 fully saturated rings. The van der Waals surface area contributed by atoms with Gasteiger partial charge in [-0.3, -0.25) is 4.90 Å². The van der Waals surface area contributed by atoms with Crippen LogP contribution in [0, 0.1) is 0 Å². The van der Waals surface area contributed by atoms with E-state index in [2.05, 4.69) is 67.5 Å². The lowest BCUT2D eigenvalue weighted by Crippen LogP contribution is -2.43. The van der Waals surface area contributed by atoms with Crippen molar-refractivity contribution in [3.8, 4) is 0 Å². The number of ether oxygens (including phenoxy) is 1. The van der Waals surface area contributed by atoms with Gasteiger partial charge in [0.15, 0.2) is 5.96 Å². The molecule has 0 aliphatic heterocycles. The van der Waals surface area contributed by atoms with Crippen LogP contribution in [-0.4, -0.2) is 50.3 Å². The molecule has 0 heterocycles. The topological polar surface area (TPSA) is 48.9 Å². The molecular formula is C19H34N4O. The molecule has 0 spiro atoms. The quantitative estimate of drug-likeness (QED) is 0.510. The van der Waals surface area contributed by atoms with Crippen molar-refractivity contribution < 1.29 is 4.74 Å². The lowest BCUT2D eigenvalue weighted by Gasteiger charge is -2.18. The monoisotopic (exact) mass is 334 g/mol. The van der Waals surface area contributed by atoms with Crippen LogP contribution in [0.15, 0.2) is 29.3 Å². The van der Waals surface area contributed by atoms with Crippen LogP contribution in [0.2, 0.25) is 0 Å². The second-order valence-corrected chi connectivity index (χ2v) is 5.98. The summed E-state index contributed by atoms with van der Waals surface area (Å²) in [5.41, 5.74) is 2.58. The first-order chi connectivity index (χ1) is 11.6. The largest absolute Gasteiger partial charge is 0.383 e. The van der Waals surface area contributed by atoms with E-state index in [0.29, 0.717) is 13.2 Å². The third-order valence-electron chi connectivity index (χ3n) is 3.86. The van der Waals surface area contributed by atoms with Gasteiger partial charge in [-0.2, -0.15) is 0 Å². The summed E-state index contributed by atoms with van der Waals surface area (Å²) in [6.45, 7) is 13.9. The number of nitrogens with one attached hydrogen (secondary N) is 2. The summed E-state index contributed by atoms with van der Waals surface area (Å²) in [5, 5.41) is 6.64. The molecule has 0 saturated carbocycles. The molecule has 24 heavy (non-hydrogen) atoms. The second-order valence-electron chi connectivity index (χ2n) is 5.98. The van der Waals surface area contributed by atoms with Gasteiger partial charge in [0.1, 0.15) is 0 Å². The number of guanidine groups is 1. The predicted molar refractivity (Wildman–Crippen MR) is 102 cm³/mol. The highest BCUT2D eigenvalue weighted by atomic mass is 16.5. The smallest absolute Gasteiger partial charge is 0.191 e. The number of rotatable bonds is 10. The fourth-order valence-electron chi connectivity index (χ4n) is 2.55. The fraction of sp³-hybridized carbons (Fsp3) is 0.632. The van der Waals surface area contributed by atoms with E-state index in [1.54, 1.807) is 7.11 Å². The summed E-state index contributed by atoms with van der Waals surface area (Å²) in [4.78, 5) is 7.11. The van der Waals surface area contributed by atoms with E-state index in [9.17, 15) is 0 Å². The molecule has 1 unspecified atom stereocenters. The zero-order chi connectivity index (χ0) is 17.8. The number of aliphatic imine (C=N–C) groups is 1. The highest BCUT2D eigenvalue weighted by molar-refractivity contribution is 5.80. The molecule has 5 heteroatoms. The Bertz CT molecular complexity index is 486. The Morgan fingerprint density at radius 3 is 2.54 bits per heavy atom. The Kier molecular flexibility index (Phi) is 10.1. The maximum absolute atomic E-state index is 5.17. The molecule has 0 aliphatic carbocycles. The van der Waals surface area contributed by atoms with E-state index in [0.717, 1.165) is 32.1 Å². The van der Waals surface area contributed by atoms with Crippen LogP contribution >= 0.6 is 0 Å². The molecule has 0 amide bonds. The highest BCUT2D eigenvalue weighted by Crippen LogP contribution is 2.09. The fourth-order valence-corrected chi connectivity index (χ4v) is 2.55. The van der Waals surface area contributed by atoms with Crippen molar-refractivity contribution >= 4 is 5.96 Å². The molecular weight excluding hydrogens is 300 g/mol. The Hall–Kier alpha value is -1.59. The van der Waals surface area contributed by atoms with Crippen LogP contribution in [-0.2, 0) is 17.8 Å². The minimum atomic E-state index is 0.224. The Morgan fingerprint density at radius 1 is 1.21 bits per heavy atom. The Morgan fingerprint density at radius 2 is 1.92 bits per heavy atom. The molecule has 1 rings (SSSR count). The maximum atomic E-state index is 5.17. The summed E-state index contributed by atoms with van der Waals surface area (Å²) >= 11 is 0. The van der Waals surface area contributed by atoms with Gasteiger partial charge in [0.2, 0.25) is 0 Å². The van der Waals surface area contributed by atoms with Crippen molar-refractivity contribution in [2.75, 3.05) is 33.4 Å². The van der Waals surface area contributed by atoms with Crippen LogP contribution in [0.5, 0.6) is 0 Å². The van der Waals surface area contributed by atoms with Gasteiger partial charge in [0, 0.05) is 26.2 Å². The van der Waals surface area contributed by atoms with Gasteiger partial charge in [0.05, 0.1) is 13.2 Å². The molecule has 0 radical (unpaired) electrons. The van der Waals surface area contributed by atoms with E-state index >= 15 is 0 Å². The van der Waals surface area contributed by atoms with Crippen LogP contribution in [0.4, 0.5) is 0 Å². The molecule has 0 aliphatic rings. The van der Waals surface area contributed by atoms with Gasteiger partial charge in [-0.15, -0.1) is 0 Å². The van der Waals surface area contributed by atoms with E-state index in [1.165, 1.54) is 11.1 Å². The molecule has 1 aromatic rings. The zero-order valence-corrected chi connectivity index (χ0v) is 15.9. The van der Waals surface area contributed by atoms with Crippen molar-refractivity contribution in [1.82, 2.24) is 15.5 Å². The minimum Gasteiger partial charge on any atom is -0.383 e. The first-order valence-corrected chi connectivity index (χ1v) is 8.96. The van der Waals surface area contributed by atoms with E-state index < -0.39 is 0 Å². The van der Waals surface area contributed by atoms with Crippen LogP contribution in [0.25, 0.3) is 0 Å². The SMILES string of the molecule is CCNC(=NCc1cccc(CN(CC)CC)c1)NC(C)COC. The van der Waals surface area contributed by atoms with E-state index in [4.69, 9.17) is 9.73 Å². The van der Waals surface area contributed by atoms with Crippen molar-refractivity contribution in [2.45, 2.75) is 46.8 Å². The van der Waals surface area contributed by atoms with Crippen molar-refractivity contribution in [3.05, 3.63) is 35.4 Å². The van der Waals surface area contributed by atoms with Crippen LogP contribution < -0.4 is 10.6 Å². The molecule has 0 bridgehead atoms. The number of hydrogen-bond acceptors (Lipinski definition) is 3. The third kappa shape index (κ3) is 7.79. The number of methoxy groups -OCH3 is 1. The standard InChI is InChI=1S/C19H34N4O/c1-6-20-19(22-16(4)15-24-5)21-13-17-10-9-11-18(12-17)14-23(7-2)8-3/h9-12,16H,6-8,13-15H2,1-5H3,(H2,20,21,22). The van der Waals surface area contributed by atoms with Gasteiger partial charge in [-0.1, -0.05) is 38.1 Å². The van der Waals surface area contributed by atoms with E-state index in [1.807, 2.05) is 0 Å². The van der Waals surface area contributed by atoms with Crippen LogP contribution in [0.1, 0.15) is 38.8 Å². The number of hydrogen-bond donors (Lipinski definition) is 2. The Balaban J connectivity index is 2.71. The Labute approximate surface area is 147 Å². The average Bonchev–Trinajstić information content (AvgIpc) is 2.58. The van der Waals surface area contributed by atoms with E-state index in [-0.39, 0.29) is 6.04 Å².